The normalized spacial score (nSPS) is 13.1. The van der Waals surface area contributed by atoms with Gasteiger partial charge in [0.25, 0.3) is 0 Å². The van der Waals surface area contributed by atoms with Gasteiger partial charge in [0, 0.05) is 19.7 Å². The molecule has 130 valence electrons. The van der Waals surface area contributed by atoms with Crippen LogP contribution in [0.3, 0.4) is 0 Å². The fourth-order valence-electron chi connectivity index (χ4n) is 1.90. The second-order valence-corrected chi connectivity index (χ2v) is 8.00. The number of carbonyl (C=O) groups is 1. The van der Waals surface area contributed by atoms with E-state index in [-0.39, 0.29) is 19.1 Å². The average Bonchev–Trinajstić information content (AvgIpc) is 2.41. The Labute approximate surface area is 146 Å². The van der Waals surface area contributed by atoms with Gasteiger partial charge in [-0.3, -0.25) is 4.79 Å². The van der Waals surface area contributed by atoms with Crippen molar-refractivity contribution in [2.45, 2.75) is 19.5 Å². The van der Waals surface area contributed by atoms with E-state index in [1.807, 2.05) is 0 Å². The van der Waals surface area contributed by atoms with E-state index in [1.165, 1.54) is 7.11 Å². The van der Waals surface area contributed by atoms with Crippen molar-refractivity contribution in [3.05, 3.63) is 33.8 Å². The predicted octanol–water partition coefficient (Wildman–Crippen LogP) is 1.91. The third-order valence-electron chi connectivity index (χ3n) is 2.96. The summed E-state index contributed by atoms with van der Waals surface area (Å²) in [6.45, 7) is 1.86. The summed E-state index contributed by atoms with van der Waals surface area (Å²) in [5, 5.41) is 3.38. The summed E-state index contributed by atoms with van der Waals surface area (Å²) in [4.78, 5) is 12.0. The van der Waals surface area contributed by atoms with E-state index in [0.717, 1.165) is 10.6 Å². The molecular weight excluding hydrogens is 363 g/mol. The molecule has 0 aliphatic carbocycles. The molecule has 1 atom stereocenters. The van der Waals surface area contributed by atoms with Gasteiger partial charge in [-0.05, 0) is 24.6 Å². The lowest BCUT2D eigenvalue weighted by Crippen LogP contribution is -2.44. The fourth-order valence-corrected chi connectivity index (χ4v) is 2.96. The Morgan fingerprint density at radius 2 is 2.00 bits per heavy atom. The van der Waals surface area contributed by atoms with Crippen LogP contribution < -0.4 is 5.32 Å². The van der Waals surface area contributed by atoms with E-state index in [1.54, 1.807) is 25.1 Å². The van der Waals surface area contributed by atoms with E-state index < -0.39 is 15.9 Å². The van der Waals surface area contributed by atoms with Gasteiger partial charge in [-0.15, -0.1) is 0 Å². The van der Waals surface area contributed by atoms with Gasteiger partial charge in [-0.25, -0.2) is 8.42 Å². The van der Waals surface area contributed by atoms with E-state index in [4.69, 9.17) is 27.9 Å². The van der Waals surface area contributed by atoms with Crippen molar-refractivity contribution in [1.29, 1.82) is 0 Å². The summed E-state index contributed by atoms with van der Waals surface area (Å²) < 4.78 is 29.8. The number of nitrogens with one attached hydrogen (secondary N) is 1. The zero-order valence-electron chi connectivity index (χ0n) is 13.2. The van der Waals surface area contributed by atoms with Crippen LogP contribution in [-0.2, 0) is 26.1 Å². The summed E-state index contributed by atoms with van der Waals surface area (Å²) in [5.41, 5.74) is 0.641. The van der Waals surface area contributed by atoms with Crippen LogP contribution >= 0.6 is 23.2 Å². The number of amides is 1. The fraction of sp³-hybridized carbons (Fsp3) is 0.500. The van der Waals surface area contributed by atoms with Crippen LogP contribution in [0.25, 0.3) is 0 Å². The Morgan fingerprint density at radius 3 is 2.52 bits per heavy atom. The van der Waals surface area contributed by atoms with Gasteiger partial charge in [-0.1, -0.05) is 29.3 Å². The van der Waals surface area contributed by atoms with E-state index in [0.29, 0.717) is 22.2 Å². The number of halogens is 2. The molecule has 0 saturated carbocycles. The third kappa shape index (κ3) is 7.05. The molecule has 1 aromatic rings. The number of rotatable bonds is 8. The van der Waals surface area contributed by atoms with E-state index >= 15 is 0 Å². The monoisotopic (exact) mass is 382 g/mol. The van der Waals surface area contributed by atoms with Crippen LogP contribution in [0, 0.1) is 0 Å². The van der Waals surface area contributed by atoms with Crippen molar-refractivity contribution in [3.8, 4) is 0 Å². The van der Waals surface area contributed by atoms with Crippen molar-refractivity contribution in [2.24, 2.45) is 0 Å². The minimum atomic E-state index is -3.56. The van der Waals surface area contributed by atoms with Crippen molar-refractivity contribution < 1.29 is 17.9 Å². The summed E-state index contributed by atoms with van der Waals surface area (Å²) in [6.07, 6.45) is 1.05. The topological polar surface area (TPSA) is 75.7 Å². The molecule has 1 N–H and O–H groups in total. The number of carbonyl (C=O) groups excluding carboxylic acids is 1. The van der Waals surface area contributed by atoms with Gasteiger partial charge in [0.15, 0.2) is 0 Å². The standard InChI is InChI=1S/C14H20Cl2N2O4S/c1-10(9-22-2)17-14(19)8-18(23(3,20)21)7-11-4-5-12(15)13(16)6-11/h4-6,10H,7-9H2,1-3H3,(H,17,19)/t10-/m1/s1. The van der Waals surface area contributed by atoms with Gasteiger partial charge in [-0.2, -0.15) is 4.31 Å². The van der Waals surface area contributed by atoms with Crippen LogP contribution in [-0.4, -0.2) is 51.2 Å². The molecule has 0 saturated heterocycles. The van der Waals surface area contributed by atoms with Crippen molar-refractivity contribution in [2.75, 3.05) is 26.5 Å². The van der Waals surface area contributed by atoms with Gasteiger partial charge in [0.1, 0.15) is 0 Å². The number of sulfonamides is 1. The number of methoxy groups -OCH3 is 1. The minimum absolute atomic E-state index is 0.0296. The second-order valence-electron chi connectivity index (χ2n) is 5.20. The second kappa shape index (κ2) is 8.84. The predicted molar refractivity (Wildman–Crippen MR) is 91.2 cm³/mol. The molecule has 0 aromatic heterocycles. The van der Waals surface area contributed by atoms with Gasteiger partial charge >= 0.3 is 0 Å². The number of hydrogen-bond acceptors (Lipinski definition) is 4. The first kappa shape index (κ1) is 20.2. The maximum Gasteiger partial charge on any atom is 0.235 e. The Kier molecular flexibility index (Phi) is 7.76. The van der Waals surface area contributed by atoms with Gasteiger partial charge in [0.2, 0.25) is 15.9 Å². The smallest absolute Gasteiger partial charge is 0.235 e. The molecule has 0 aliphatic rings. The lowest BCUT2D eigenvalue weighted by Gasteiger charge is -2.21. The van der Waals surface area contributed by atoms with Crippen LogP contribution in [0.2, 0.25) is 10.0 Å². The highest BCUT2D eigenvalue weighted by molar-refractivity contribution is 7.88. The molecule has 0 unspecified atom stereocenters. The SMILES string of the molecule is COC[C@@H](C)NC(=O)CN(Cc1ccc(Cl)c(Cl)c1)S(C)(=O)=O. The molecule has 0 fully saturated rings. The minimum Gasteiger partial charge on any atom is -0.383 e. The van der Waals surface area contributed by atoms with Crippen molar-refractivity contribution in [1.82, 2.24) is 9.62 Å². The first-order valence-corrected chi connectivity index (χ1v) is 9.41. The molecule has 0 bridgehead atoms. The number of hydrogen-bond donors (Lipinski definition) is 1. The number of benzene rings is 1. The third-order valence-corrected chi connectivity index (χ3v) is 4.89. The zero-order valence-corrected chi connectivity index (χ0v) is 15.5. The highest BCUT2D eigenvalue weighted by Crippen LogP contribution is 2.23. The van der Waals surface area contributed by atoms with Crippen LogP contribution in [0.15, 0.2) is 18.2 Å². The van der Waals surface area contributed by atoms with Crippen LogP contribution in [0.5, 0.6) is 0 Å². The first-order valence-electron chi connectivity index (χ1n) is 6.81. The molecule has 9 heteroatoms. The van der Waals surface area contributed by atoms with Crippen LogP contribution in [0.1, 0.15) is 12.5 Å². The van der Waals surface area contributed by atoms with E-state index in [9.17, 15) is 13.2 Å². The molecule has 6 nitrogen and oxygen atoms in total. The highest BCUT2D eigenvalue weighted by atomic mass is 35.5. The summed E-state index contributed by atoms with van der Waals surface area (Å²) >= 11 is 11.8. The lowest BCUT2D eigenvalue weighted by atomic mass is 10.2. The van der Waals surface area contributed by atoms with Gasteiger partial charge in [0.05, 0.1) is 29.5 Å². The lowest BCUT2D eigenvalue weighted by molar-refractivity contribution is -0.122. The zero-order chi connectivity index (χ0) is 17.6. The molecule has 0 radical (unpaired) electrons. The molecule has 23 heavy (non-hydrogen) atoms. The Balaban J connectivity index is 2.81. The Hall–Kier alpha value is -0.860. The summed E-state index contributed by atoms with van der Waals surface area (Å²) in [6, 6.07) is 4.62. The average molecular weight is 383 g/mol. The van der Waals surface area contributed by atoms with E-state index in [2.05, 4.69) is 5.32 Å². The molecule has 1 rings (SSSR count). The largest absolute Gasteiger partial charge is 0.383 e. The summed E-state index contributed by atoms with van der Waals surface area (Å²) in [7, 11) is -2.04. The van der Waals surface area contributed by atoms with Crippen molar-refractivity contribution in [3.63, 3.8) is 0 Å². The maximum atomic E-state index is 12.0. The number of nitrogens with zero attached hydrogens (tertiary/aromatic N) is 1. The Bertz CT molecular complexity index is 652. The van der Waals surface area contributed by atoms with Gasteiger partial charge < -0.3 is 10.1 Å². The highest BCUT2D eigenvalue weighted by Gasteiger charge is 2.21. The molecule has 1 amide bonds. The number of ether oxygens (including phenoxy) is 1. The molecule has 1 aromatic carbocycles. The Morgan fingerprint density at radius 1 is 1.35 bits per heavy atom. The molecule has 0 aliphatic heterocycles. The first-order chi connectivity index (χ1) is 10.6. The molecule has 0 spiro atoms. The van der Waals surface area contributed by atoms with Crippen LogP contribution in [0.4, 0.5) is 0 Å². The quantitative estimate of drug-likeness (QED) is 0.744. The van der Waals surface area contributed by atoms with Crippen molar-refractivity contribution >= 4 is 39.1 Å². The molecular formula is C14H20Cl2N2O4S. The molecule has 0 heterocycles. The maximum absolute atomic E-state index is 12.0. The summed E-state index contributed by atoms with van der Waals surface area (Å²) in [5.74, 6) is -0.403.